The minimum atomic E-state index is -0.503. The second kappa shape index (κ2) is 11.6. The van der Waals surface area contributed by atoms with Crippen molar-refractivity contribution >= 4 is 11.8 Å². The topological polar surface area (TPSA) is 67.9 Å². The van der Waals surface area contributed by atoms with Gasteiger partial charge in [0.15, 0.2) is 11.5 Å². The molecule has 6 nitrogen and oxygen atoms in total. The third kappa shape index (κ3) is 6.25. The highest BCUT2D eigenvalue weighted by atomic mass is 16.6. The Kier molecular flexibility index (Phi) is 8.54. The molecule has 2 aromatic carbocycles. The lowest BCUT2D eigenvalue weighted by atomic mass is 10.1. The Morgan fingerprint density at radius 2 is 1.69 bits per heavy atom. The first-order valence-corrected chi connectivity index (χ1v) is 11.5. The van der Waals surface area contributed by atoms with E-state index in [4.69, 9.17) is 9.47 Å². The van der Waals surface area contributed by atoms with Crippen LogP contribution >= 0.6 is 0 Å². The van der Waals surface area contributed by atoms with Crippen molar-refractivity contribution in [2.24, 2.45) is 0 Å². The van der Waals surface area contributed by atoms with Gasteiger partial charge in [-0.05, 0) is 49.4 Å². The second-order valence-corrected chi connectivity index (χ2v) is 8.23. The highest BCUT2D eigenvalue weighted by molar-refractivity contribution is 5.88. The zero-order chi connectivity index (χ0) is 22.9. The Morgan fingerprint density at radius 3 is 2.38 bits per heavy atom. The van der Waals surface area contributed by atoms with E-state index in [9.17, 15) is 9.59 Å². The molecule has 0 radical (unpaired) electrons. The van der Waals surface area contributed by atoms with Crippen LogP contribution in [0.15, 0.2) is 48.5 Å². The van der Waals surface area contributed by atoms with Gasteiger partial charge in [0.05, 0.1) is 0 Å². The van der Waals surface area contributed by atoms with Crippen LogP contribution in [0, 0.1) is 0 Å². The van der Waals surface area contributed by atoms with E-state index in [1.165, 1.54) is 0 Å². The number of nitrogens with one attached hydrogen (secondary N) is 1. The molecule has 2 aromatic rings. The van der Waals surface area contributed by atoms with E-state index >= 15 is 0 Å². The van der Waals surface area contributed by atoms with Crippen LogP contribution in [-0.4, -0.2) is 42.0 Å². The number of aryl methyl sites for hydroxylation is 1. The van der Waals surface area contributed by atoms with Crippen molar-refractivity contribution in [1.82, 2.24) is 10.2 Å². The quantitative estimate of drug-likeness (QED) is 0.606. The molecule has 0 spiro atoms. The van der Waals surface area contributed by atoms with E-state index in [1.54, 1.807) is 4.90 Å². The van der Waals surface area contributed by atoms with Crippen LogP contribution in [0.25, 0.3) is 0 Å². The Morgan fingerprint density at radius 1 is 0.969 bits per heavy atom. The first kappa shape index (κ1) is 23.6. The van der Waals surface area contributed by atoms with Crippen LogP contribution in [-0.2, 0) is 22.6 Å². The fraction of sp³-hybridized carbons (Fsp3) is 0.462. The second-order valence-electron chi connectivity index (χ2n) is 8.23. The Labute approximate surface area is 190 Å². The standard InChI is InChI=1S/C26H34N2O4/c1-4-19(3)27-26(30)22(5-2)28(18-21-9-7-6-8-10-21)25(29)14-12-20-11-13-23-24(17-20)32-16-15-31-23/h6-11,13,17,19,22H,4-5,12,14-16,18H2,1-3H3,(H,27,30)/t19-,22-/m1/s1. The van der Waals surface area contributed by atoms with Crippen molar-refractivity contribution in [1.29, 1.82) is 0 Å². The average Bonchev–Trinajstić information content (AvgIpc) is 2.82. The van der Waals surface area contributed by atoms with Crippen molar-refractivity contribution in [3.8, 4) is 11.5 Å². The monoisotopic (exact) mass is 438 g/mol. The number of benzene rings is 2. The van der Waals surface area contributed by atoms with Gasteiger partial charge in [-0.15, -0.1) is 0 Å². The van der Waals surface area contributed by atoms with Crippen molar-refractivity contribution in [2.75, 3.05) is 13.2 Å². The van der Waals surface area contributed by atoms with E-state index in [-0.39, 0.29) is 17.9 Å². The molecule has 32 heavy (non-hydrogen) atoms. The Hall–Kier alpha value is -3.02. The summed E-state index contributed by atoms with van der Waals surface area (Å²) in [4.78, 5) is 28.1. The van der Waals surface area contributed by atoms with Crippen LogP contribution < -0.4 is 14.8 Å². The third-order valence-electron chi connectivity index (χ3n) is 5.82. The van der Waals surface area contributed by atoms with Gasteiger partial charge in [0, 0.05) is 19.0 Å². The number of carbonyl (C=O) groups excluding carboxylic acids is 2. The number of amides is 2. The number of hydrogen-bond acceptors (Lipinski definition) is 4. The van der Waals surface area contributed by atoms with Crippen LogP contribution in [0.4, 0.5) is 0 Å². The molecule has 1 N–H and O–H groups in total. The number of ether oxygens (including phenoxy) is 2. The molecule has 1 aliphatic heterocycles. The summed E-state index contributed by atoms with van der Waals surface area (Å²) in [5.41, 5.74) is 2.02. The lowest BCUT2D eigenvalue weighted by Gasteiger charge is -2.31. The van der Waals surface area contributed by atoms with Crippen LogP contribution in [0.2, 0.25) is 0 Å². The molecular weight excluding hydrogens is 404 g/mol. The molecule has 0 unspecified atom stereocenters. The van der Waals surface area contributed by atoms with Gasteiger partial charge >= 0.3 is 0 Å². The number of fused-ring (bicyclic) bond motifs is 1. The maximum absolute atomic E-state index is 13.4. The molecule has 1 aliphatic rings. The lowest BCUT2D eigenvalue weighted by molar-refractivity contribution is -0.141. The first-order chi connectivity index (χ1) is 15.5. The van der Waals surface area contributed by atoms with Gasteiger partial charge in [0.1, 0.15) is 19.3 Å². The maximum Gasteiger partial charge on any atom is 0.243 e. The lowest BCUT2D eigenvalue weighted by Crippen LogP contribution is -2.50. The molecule has 0 aliphatic carbocycles. The molecule has 0 aromatic heterocycles. The summed E-state index contributed by atoms with van der Waals surface area (Å²) >= 11 is 0. The third-order valence-corrected chi connectivity index (χ3v) is 5.82. The van der Waals surface area contributed by atoms with Crippen LogP contribution in [0.1, 0.15) is 51.2 Å². The van der Waals surface area contributed by atoms with Crippen molar-refractivity contribution < 1.29 is 19.1 Å². The smallest absolute Gasteiger partial charge is 0.243 e. The number of rotatable bonds is 10. The summed E-state index contributed by atoms with van der Waals surface area (Å²) in [5.74, 6) is 1.34. The zero-order valence-electron chi connectivity index (χ0n) is 19.3. The van der Waals surface area contributed by atoms with Gasteiger partial charge < -0.3 is 19.7 Å². The van der Waals surface area contributed by atoms with E-state index in [0.717, 1.165) is 29.0 Å². The molecule has 0 saturated heterocycles. The zero-order valence-corrected chi connectivity index (χ0v) is 19.3. The maximum atomic E-state index is 13.4. The van der Waals surface area contributed by atoms with Gasteiger partial charge in [-0.25, -0.2) is 0 Å². The van der Waals surface area contributed by atoms with Gasteiger partial charge in [0.2, 0.25) is 11.8 Å². The molecular formula is C26H34N2O4. The van der Waals surface area contributed by atoms with Crippen LogP contribution in [0.3, 0.4) is 0 Å². The Bertz CT molecular complexity index is 900. The van der Waals surface area contributed by atoms with E-state index in [0.29, 0.717) is 39.0 Å². The molecule has 6 heteroatoms. The van der Waals surface area contributed by atoms with Crippen molar-refractivity contribution in [2.45, 2.75) is 65.1 Å². The first-order valence-electron chi connectivity index (χ1n) is 11.5. The summed E-state index contributed by atoms with van der Waals surface area (Å²) in [6.45, 7) is 7.46. The predicted molar refractivity (Wildman–Crippen MR) is 125 cm³/mol. The summed E-state index contributed by atoms with van der Waals surface area (Å²) in [6.07, 6.45) is 2.30. The molecule has 0 fully saturated rings. The molecule has 172 valence electrons. The molecule has 2 amide bonds. The minimum absolute atomic E-state index is 0.0325. The van der Waals surface area contributed by atoms with Crippen molar-refractivity contribution in [3.63, 3.8) is 0 Å². The number of carbonyl (C=O) groups is 2. The highest BCUT2D eigenvalue weighted by Crippen LogP contribution is 2.31. The minimum Gasteiger partial charge on any atom is -0.486 e. The van der Waals surface area contributed by atoms with E-state index in [2.05, 4.69) is 5.32 Å². The van der Waals surface area contributed by atoms with Gasteiger partial charge in [0.25, 0.3) is 0 Å². The predicted octanol–water partition coefficient (Wildman–Crippen LogP) is 4.11. The molecule has 2 atom stereocenters. The summed E-state index contributed by atoms with van der Waals surface area (Å²) < 4.78 is 11.2. The number of nitrogens with zero attached hydrogens (tertiary/aromatic N) is 1. The Balaban J connectivity index is 1.74. The van der Waals surface area contributed by atoms with Crippen LogP contribution in [0.5, 0.6) is 11.5 Å². The summed E-state index contributed by atoms with van der Waals surface area (Å²) in [6, 6.07) is 15.2. The average molecular weight is 439 g/mol. The number of hydrogen-bond donors (Lipinski definition) is 1. The fourth-order valence-corrected chi connectivity index (χ4v) is 3.78. The van der Waals surface area contributed by atoms with Gasteiger partial charge in [-0.2, -0.15) is 0 Å². The summed E-state index contributed by atoms with van der Waals surface area (Å²) in [5, 5.41) is 3.05. The normalized spacial score (nSPS) is 14.3. The SMILES string of the molecule is CC[C@@H](C)NC(=O)[C@@H](CC)N(Cc1ccccc1)C(=O)CCc1ccc2c(c1)OCCO2. The largest absolute Gasteiger partial charge is 0.486 e. The van der Waals surface area contributed by atoms with E-state index < -0.39 is 6.04 Å². The molecule has 3 rings (SSSR count). The molecule has 1 heterocycles. The van der Waals surface area contributed by atoms with Gasteiger partial charge in [-0.3, -0.25) is 9.59 Å². The fourth-order valence-electron chi connectivity index (χ4n) is 3.78. The summed E-state index contributed by atoms with van der Waals surface area (Å²) in [7, 11) is 0. The molecule has 0 bridgehead atoms. The van der Waals surface area contributed by atoms with Gasteiger partial charge in [-0.1, -0.05) is 50.2 Å². The van der Waals surface area contributed by atoms with Crippen molar-refractivity contribution in [3.05, 3.63) is 59.7 Å². The van der Waals surface area contributed by atoms with E-state index in [1.807, 2.05) is 69.3 Å². The molecule has 0 saturated carbocycles. The highest BCUT2D eigenvalue weighted by Gasteiger charge is 2.29.